The van der Waals surface area contributed by atoms with E-state index in [2.05, 4.69) is 11.9 Å². The highest BCUT2D eigenvalue weighted by Crippen LogP contribution is 2.28. The van der Waals surface area contributed by atoms with Gasteiger partial charge < -0.3 is 4.74 Å². The van der Waals surface area contributed by atoms with Crippen LogP contribution < -0.4 is 0 Å². The highest BCUT2D eigenvalue weighted by molar-refractivity contribution is 5.80. The van der Waals surface area contributed by atoms with Crippen molar-refractivity contribution < 1.29 is 17.9 Å². The summed E-state index contributed by atoms with van der Waals surface area (Å²) < 4.78 is 42.6. The third-order valence-corrected chi connectivity index (χ3v) is 3.96. The predicted molar refractivity (Wildman–Crippen MR) is 79.6 cm³/mol. The molecule has 0 aromatic heterocycles. The number of rotatable bonds is 10. The fraction of sp³-hybridized carbons (Fsp3) is 0.938. The Morgan fingerprint density at radius 1 is 1.10 bits per heavy atom. The Hall–Kier alpha value is -0.740. The van der Waals surface area contributed by atoms with Gasteiger partial charge in [0.15, 0.2) is 11.9 Å². The average molecular weight is 307 g/mol. The zero-order valence-electron chi connectivity index (χ0n) is 13.2. The molecule has 5 heteroatoms. The Bertz CT molecular complexity index is 315. The number of hydrogen-bond donors (Lipinski definition) is 0. The fourth-order valence-electron chi connectivity index (χ4n) is 2.54. The maximum absolute atomic E-state index is 12.5. The normalized spacial score (nSPS) is 20.2. The van der Waals surface area contributed by atoms with E-state index in [9.17, 15) is 13.2 Å². The zero-order valence-corrected chi connectivity index (χ0v) is 13.2. The van der Waals surface area contributed by atoms with Gasteiger partial charge in [0, 0.05) is 5.92 Å². The zero-order chi connectivity index (χ0) is 15.7. The maximum atomic E-state index is 12.5. The highest BCUT2D eigenvalue weighted by atomic mass is 19.4. The molecule has 0 fully saturated rings. The number of aliphatic imine (C=N–C) groups is 1. The highest BCUT2D eigenvalue weighted by Gasteiger charge is 2.43. The van der Waals surface area contributed by atoms with Crippen molar-refractivity contribution in [1.29, 1.82) is 0 Å². The van der Waals surface area contributed by atoms with Crippen LogP contribution in [0.25, 0.3) is 0 Å². The van der Waals surface area contributed by atoms with Crippen molar-refractivity contribution in [1.82, 2.24) is 0 Å². The molecule has 0 N–H and O–H groups in total. The van der Waals surface area contributed by atoms with Crippen LogP contribution in [0.3, 0.4) is 0 Å². The van der Waals surface area contributed by atoms with Gasteiger partial charge in [-0.05, 0) is 6.42 Å². The molecule has 0 spiro atoms. The Morgan fingerprint density at radius 3 is 2.19 bits per heavy atom. The maximum Gasteiger partial charge on any atom is 0.414 e. The molecule has 0 radical (unpaired) electrons. The Kier molecular flexibility index (Phi) is 8.12. The van der Waals surface area contributed by atoms with E-state index < -0.39 is 12.2 Å². The minimum absolute atomic E-state index is 0.00237. The number of ether oxygens (including phenoxy) is 1. The van der Waals surface area contributed by atoms with Crippen LogP contribution >= 0.6 is 0 Å². The topological polar surface area (TPSA) is 21.6 Å². The van der Waals surface area contributed by atoms with Crippen LogP contribution in [0.2, 0.25) is 0 Å². The molecule has 2 atom stereocenters. The lowest BCUT2D eigenvalue weighted by Crippen LogP contribution is -2.27. The number of hydrogen-bond acceptors (Lipinski definition) is 2. The molecule has 124 valence electrons. The van der Waals surface area contributed by atoms with Gasteiger partial charge in [-0.3, -0.25) is 0 Å². The summed E-state index contributed by atoms with van der Waals surface area (Å²) in [6, 6.07) is -1.66. The number of unbranched alkanes of at least 4 members (excludes halogenated alkanes) is 7. The molecule has 0 saturated heterocycles. The summed E-state index contributed by atoms with van der Waals surface area (Å²) in [5, 5.41) is 0. The minimum atomic E-state index is -4.28. The largest absolute Gasteiger partial charge is 0.478 e. The van der Waals surface area contributed by atoms with Gasteiger partial charge in [0.1, 0.15) is 6.61 Å². The van der Waals surface area contributed by atoms with E-state index in [-0.39, 0.29) is 12.5 Å². The summed E-state index contributed by atoms with van der Waals surface area (Å²) in [6.45, 7) is 3.76. The molecule has 2 nitrogen and oxygen atoms in total. The van der Waals surface area contributed by atoms with Gasteiger partial charge in [-0.15, -0.1) is 0 Å². The van der Waals surface area contributed by atoms with E-state index in [0.29, 0.717) is 5.90 Å². The van der Waals surface area contributed by atoms with Crippen molar-refractivity contribution in [2.45, 2.75) is 83.9 Å². The molecule has 0 bridgehead atoms. The van der Waals surface area contributed by atoms with Crippen molar-refractivity contribution in [3.05, 3.63) is 0 Å². The molecule has 0 aromatic carbocycles. The Labute approximate surface area is 126 Å². The van der Waals surface area contributed by atoms with E-state index >= 15 is 0 Å². The molecule has 1 rings (SSSR count). The van der Waals surface area contributed by atoms with Gasteiger partial charge in [-0.25, -0.2) is 4.99 Å². The van der Waals surface area contributed by atoms with Crippen LogP contribution in [0.15, 0.2) is 4.99 Å². The molecule has 1 aliphatic heterocycles. The first-order chi connectivity index (χ1) is 9.95. The van der Waals surface area contributed by atoms with Crippen molar-refractivity contribution in [3.8, 4) is 0 Å². The van der Waals surface area contributed by atoms with E-state index in [1.165, 1.54) is 38.5 Å². The first kappa shape index (κ1) is 18.3. The smallest absolute Gasteiger partial charge is 0.414 e. The second-order valence-electron chi connectivity index (χ2n) is 6.00. The minimum Gasteiger partial charge on any atom is -0.478 e. The molecule has 1 aliphatic rings. The predicted octanol–water partition coefficient (Wildman–Crippen LogP) is 5.51. The standard InChI is InChI=1S/C16H28F3NO/c1-3-4-5-6-7-8-9-10-11-13(2)15-20-14(12-21-15)16(17,18)19/h13-14H,3-12H2,1-2H3. The summed E-state index contributed by atoms with van der Waals surface area (Å²) in [4.78, 5) is 3.68. The molecule has 0 amide bonds. The lowest BCUT2D eigenvalue weighted by atomic mass is 10.0. The summed E-state index contributed by atoms with van der Waals surface area (Å²) in [6.07, 6.45) is 6.44. The van der Waals surface area contributed by atoms with Gasteiger partial charge in [-0.1, -0.05) is 65.2 Å². The molecular formula is C16H28F3NO. The molecule has 0 aliphatic carbocycles. The quantitative estimate of drug-likeness (QED) is 0.487. The van der Waals surface area contributed by atoms with Crippen LogP contribution in [-0.4, -0.2) is 24.7 Å². The van der Waals surface area contributed by atoms with Crippen molar-refractivity contribution >= 4 is 5.90 Å². The Morgan fingerprint density at radius 2 is 1.67 bits per heavy atom. The van der Waals surface area contributed by atoms with Crippen LogP contribution in [-0.2, 0) is 4.74 Å². The first-order valence-corrected chi connectivity index (χ1v) is 8.22. The van der Waals surface area contributed by atoms with Crippen LogP contribution in [0.4, 0.5) is 13.2 Å². The molecule has 2 unspecified atom stereocenters. The van der Waals surface area contributed by atoms with Gasteiger partial charge >= 0.3 is 6.18 Å². The fourth-order valence-corrected chi connectivity index (χ4v) is 2.54. The lowest BCUT2D eigenvalue weighted by molar-refractivity contribution is -0.149. The van der Waals surface area contributed by atoms with Crippen molar-refractivity contribution in [2.24, 2.45) is 10.9 Å². The Balaban J connectivity index is 2.10. The van der Waals surface area contributed by atoms with Crippen LogP contribution in [0.5, 0.6) is 0 Å². The third-order valence-electron chi connectivity index (χ3n) is 3.96. The molecular weight excluding hydrogens is 279 g/mol. The molecule has 21 heavy (non-hydrogen) atoms. The molecule has 0 aromatic rings. The third kappa shape index (κ3) is 7.18. The van der Waals surface area contributed by atoms with Crippen LogP contribution in [0, 0.1) is 5.92 Å². The first-order valence-electron chi connectivity index (χ1n) is 8.22. The van der Waals surface area contributed by atoms with E-state index in [1.54, 1.807) is 0 Å². The lowest BCUT2D eigenvalue weighted by Gasteiger charge is -2.10. The van der Waals surface area contributed by atoms with Crippen molar-refractivity contribution in [2.75, 3.05) is 6.61 Å². The average Bonchev–Trinajstić information content (AvgIpc) is 2.91. The second kappa shape index (κ2) is 9.31. The van der Waals surface area contributed by atoms with E-state index in [1.807, 2.05) is 6.92 Å². The molecule has 0 saturated carbocycles. The number of nitrogens with zero attached hydrogens (tertiary/aromatic N) is 1. The monoisotopic (exact) mass is 307 g/mol. The SMILES string of the molecule is CCCCCCCCCCC(C)C1=NC(C(F)(F)F)CO1. The van der Waals surface area contributed by atoms with Gasteiger partial charge in [0.25, 0.3) is 0 Å². The molecule has 1 heterocycles. The van der Waals surface area contributed by atoms with E-state index in [4.69, 9.17) is 4.74 Å². The number of alkyl halides is 3. The second-order valence-corrected chi connectivity index (χ2v) is 6.00. The van der Waals surface area contributed by atoms with Gasteiger partial charge in [-0.2, -0.15) is 13.2 Å². The van der Waals surface area contributed by atoms with Crippen LogP contribution in [0.1, 0.15) is 71.6 Å². The number of halogens is 3. The van der Waals surface area contributed by atoms with Gasteiger partial charge in [0.2, 0.25) is 0 Å². The van der Waals surface area contributed by atoms with E-state index in [0.717, 1.165) is 19.3 Å². The summed E-state index contributed by atoms with van der Waals surface area (Å²) in [5.74, 6) is 0.290. The van der Waals surface area contributed by atoms with Crippen molar-refractivity contribution in [3.63, 3.8) is 0 Å². The summed E-state index contributed by atoms with van der Waals surface area (Å²) >= 11 is 0. The summed E-state index contributed by atoms with van der Waals surface area (Å²) in [7, 11) is 0. The summed E-state index contributed by atoms with van der Waals surface area (Å²) in [5.41, 5.74) is 0. The van der Waals surface area contributed by atoms with Gasteiger partial charge in [0.05, 0.1) is 0 Å².